The number of amides is 1. The molecule has 0 spiro atoms. The molecule has 0 unspecified atom stereocenters. The lowest BCUT2D eigenvalue weighted by molar-refractivity contribution is 0.0785. The summed E-state index contributed by atoms with van der Waals surface area (Å²) in [5, 5.41) is 0. The Hall–Kier alpha value is -4.31. The first-order chi connectivity index (χ1) is 16.2. The van der Waals surface area contributed by atoms with Crippen molar-refractivity contribution in [3.05, 3.63) is 120 Å². The molecular weight excluding hydrogens is 406 g/mol. The number of fused-ring (bicyclic) bond motifs is 1. The summed E-state index contributed by atoms with van der Waals surface area (Å²) in [6.45, 7) is 0.547. The average Bonchev–Trinajstić information content (AvgIpc) is 2.88. The van der Waals surface area contributed by atoms with Crippen molar-refractivity contribution in [2.75, 3.05) is 7.05 Å². The van der Waals surface area contributed by atoms with Crippen LogP contribution in [0.25, 0.3) is 33.5 Å². The Morgan fingerprint density at radius 3 is 1.76 bits per heavy atom. The molecule has 0 radical (unpaired) electrons. The fraction of sp³-hybridized carbons (Fsp3) is 0.0690. The SMILES string of the molecule is CN(Cc1ccccc1)C(=O)c1ccc2nc(-c3ccccc3)c(-c3ccccc3)nc2c1. The fourth-order valence-corrected chi connectivity index (χ4v) is 3.93. The predicted molar refractivity (Wildman–Crippen MR) is 133 cm³/mol. The summed E-state index contributed by atoms with van der Waals surface area (Å²) in [5.74, 6) is -0.0454. The molecule has 4 nitrogen and oxygen atoms in total. The number of benzene rings is 4. The molecule has 5 rings (SSSR count). The Balaban J connectivity index is 1.56. The van der Waals surface area contributed by atoms with Crippen molar-refractivity contribution >= 4 is 16.9 Å². The Kier molecular flexibility index (Phi) is 5.64. The van der Waals surface area contributed by atoms with Gasteiger partial charge in [0.1, 0.15) is 0 Å². The number of rotatable bonds is 5. The van der Waals surface area contributed by atoms with Crippen molar-refractivity contribution < 1.29 is 4.79 Å². The molecule has 4 aromatic carbocycles. The van der Waals surface area contributed by atoms with Gasteiger partial charge in [0.2, 0.25) is 0 Å². The van der Waals surface area contributed by atoms with E-state index in [1.807, 2.05) is 116 Å². The van der Waals surface area contributed by atoms with Crippen LogP contribution in [-0.2, 0) is 6.54 Å². The highest BCUT2D eigenvalue weighted by Gasteiger charge is 2.16. The van der Waals surface area contributed by atoms with Gasteiger partial charge in [0, 0.05) is 30.3 Å². The summed E-state index contributed by atoms with van der Waals surface area (Å²) in [6, 6.07) is 35.6. The van der Waals surface area contributed by atoms with Gasteiger partial charge in [0.25, 0.3) is 5.91 Å². The van der Waals surface area contributed by atoms with Crippen LogP contribution < -0.4 is 0 Å². The standard InChI is InChI=1S/C29H23N3O/c1-32(20-21-11-5-2-6-12-21)29(33)24-17-18-25-26(19-24)31-28(23-15-9-4-10-16-23)27(30-25)22-13-7-3-8-14-22/h2-19H,20H2,1H3. The average molecular weight is 430 g/mol. The topological polar surface area (TPSA) is 46.1 Å². The van der Waals surface area contributed by atoms with Crippen molar-refractivity contribution in [3.63, 3.8) is 0 Å². The third kappa shape index (κ3) is 4.37. The van der Waals surface area contributed by atoms with Crippen LogP contribution in [0.15, 0.2) is 109 Å². The van der Waals surface area contributed by atoms with Crippen molar-refractivity contribution in [1.82, 2.24) is 14.9 Å². The van der Waals surface area contributed by atoms with E-state index in [0.29, 0.717) is 17.6 Å². The van der Waals surface area contributed by atoms with E-state index in [1.54, 1.807) is 4.90 Å². The third-order valence-corrected chi connectivity index (χ3v) is 5.61. The molecule has 1 aromatic heterocycles. The molecule has 0 atom stereocenters. The lowest BCUT2D eigenvalue weighted by atomic mass is 10.0. The molecule has 0 aliphatic heterocycles. The zero-order valence-corrected chi connectivity index (χ0v) is 18.3. The quantitative estimate of drug-likeness (QED) is 0.332. The smallest absolute Gasteiger partial charge is 0.253 e. The van der Waals surface area contributed by atoms with Crippen molar-refractivity contribution in [2.45, 2.75) is 6.54 Å². The highest BCUT2D eigenvalue weighted by Crippen LogP contribution is 2.31. The van der Waals surface area contributed by atoms with E-state index >= 15 is 0 Å². The molecule has 4 heteroatoms. The first-order valence-corrected chi connectivity index (χ1v) is 10.9. The fourth-order valence-electron chi connectivity index (χ4n) is 3.93. The second-order valence-corrected chi connectivity index (χ2v) is 8.00. The van der Waals surface area contributed by atoms with Crippen LogP contribution in [-0.4, -0.2) is 27.8 Å². The molecule has 160 valence electrons. The van der Waals surface area contributed by atoms with Crippen LogP contribution >= 0.6 is 0 Å². The van der Waals surface area contributed by atoms with Crippen molar-refractivity contribution in [1.29, 1.82) is 0 Å². The van der Waals surface area contributed by atoms with Crippen LogP contribution in [0.3, 0.4) is 0 Å². The van der Waals surface area contributed by atoms with E-state index in [0.717, 1.165) is 33.6 Å². The summed E-state index contributed by atoms with van der Waals surface area (Å²) in [5.41, 5.74) is 6.78. The second-order valence-electron chi connectivity index (χ2n) is 8.00. The van der Waals surface area contributed by atoms with Crippen molar-refractivity contribution in [2.24, 2.45) is 0 Å². The molecule has 1 heterocycles. The largest absolute Gasteiger partial charge is 0.337 e. The van der Waals surface area contributed by atoms with Gasteiger partial charge in [0.15, 0.2) is 0 Å². The van der Waals surface area contributed by atoms with Crippen molar-refractivity contribution in [3.8, 4) is 22.5 Å². The molecule has 5 aromatic rings. The molecule has 0 aliphatic rings. The maximum Gasteiger partial charge on any atom is 0.253 e. The van der Waals surface area contributed by atoms with Gasteiger partial charge in [-0.25, -0.2) is 9.97 Å². The Labute approximate surface area is 193 Å². The van der Waals surface area contributed by atoms with Gasteiger partial charge >= 0.3 is 0 Å². The highest BCUT2D eigenvalue weighted by atomic mass is 16.2. The minimum atomic E-state index is -0.0454. The van der Waals surface area contributed by atoms with E-state index < -0.39 is 0 Å². The van der Waals surface area contributed by atoms with Crippen LogP contribution in [0.1, 0.15) is 15.9 Å². The van der Waals surface area contributed by atoms with Gasteiger partial charge in [0.05, 0.1) is 22.4 Å². The number of carbonyl (C=O) groups is 1. The number of aromatic nitrogens is 2. The molecule has 1 amide bonds. The molecule has 0 bridgehead atoms. The lowest BCUT2D eigenvalue weighted by Gasteiger charge is -2.18. The summed E-state index contributed by atoms with van der Waals surface area (Å²) in [4.78, 5) is 24.8. The van der Waals surface area contributed by atoms with Gasteiger partial charge in [-0.1, -0.05) is 91.0 Å². The minimum absolute atomic E-state index is 0.0454. The molecule has 0 fully saturated rings. The summed E-state index contributed by atoms with van der Waals surface area (Å²) < 4.78 is 0. The normalized spacial score (nSPS) is 10.8. The zero-order valence-electron chi connectivity index (χ0n) is 18.3. The van der Waals surface area contributed by atoms with Gasteiger partial charge in [-0.2, -0.15) is 0 Å². The Morgan fingerprint density at radius 1 is 0.667 bits per heavy atom. The molecule has 0 aliphatic carbocycles. The molecular formula is C29H23N3O. The lowest BCUT2D eigenvalue weighted by Crippen LogP contribution is -2.26. The number of nitrogens with zero attached hydrogens (tertiary/aromatic N) is 3. The van der Waals surface area contributed by atoms with Gasteiger partial charge in [-0.3, -0.25) is 4.79 Å². The predicted octanol–water partition coefficient (Wildman–Crippen LogP) is 6.24. The zero-order chi connectivity index (χ0) is 22.6. The van der Waals surface area contributed by atoms with E-state index in [-0.39, 0.29) is 5.91 Å². The van der Waals surface area contributed by atoms with Crippen LogP contribution in [0.4, 0.5) is 0 Å². The number of hydrogen-bond acceptors (Lipinski definition) is 3. The van der Waals surface area contributed by atoms with Crippen LogP contribution in [0, 0.1) is 0 Å². The molecule has 0 saturated carbocycles. The Morgan fingerprint density at radius 2 is 1.18 bits per heavy atom. The third-order valence-electron chi connectivity index (χ3n) is 5.61. The maximum atomic E-state index is 13.1. The maximum absolute atomic E-state index is 13.1. The molecule has 0 N–H and O–H groups in total. The van der Waals surface area contributed by atoms with Gasteiger partial charge in [-0.15, -0.1) is 0 Å². The highest BCUT2D eigenvalue weighted by molar-refractivity contribution is 5.98. The molecule has 0 saturated heterocycles. The first-order valence-electron chi connectivity index (χ1n) is 10.9. The van der Waals surface area contributed by atoms with E-state index in [4.69, 9.17) is 9.97 Å². The summed E-state index contributed by atoms with van der Waals surface area (Å²) >= 11 is 0. The number of hydrogen-bond donors (Lipinski definition) is 0. The van der Waals surface area contributed by atoms with Crippen LogP contribution in [0.5, 0.6) is 0 Å². The van der Waals surface area contributed by atoms with E-state index in [2.05, 4.69) is 0 Å². The van der Waals surface area contributed by atoms with Gasteiger partial charge in [-0.05, 0) is 23.8 Å². The minimum Gasteiger partial charge on any atom is -0.337 e. The van der Waals surface area contributed by atoms with E-state index in [9.17, 15) is 4.79 Å². The van der Waals surface area contributed by atoms with Gasteiger partial charge < -0.3 is 4.90 Å². The van der Waals surface area contributed by atoms with Crippen LogP contribution in [0.2, 0.25) is 0 Å². The van der Waals surface area contributed by atoms with E-state index in [1.165, 1.54) is 0 Å². The monoisotopic (exact) mass is 429 g/mol. The first kappa shape index (κ1) is 20.6. The number of carbonyl (C=O) groups excluding carboxylic acids is 1. The summed E-state index contributed by atoms with van der Waals surface area (Å²) in [7, 11) is 1.82. The Bertz CT molecular complexity index is 1400. The second kappa shape index (κ2) is 9.05. The summed E-state index contributed by atoms with van der Waals surface area (Å²) in [6.07, 6.45) is 0. The molecule has 33 heavy (non-hydrogen) atoms.